The summed E-state index contributed by atoms with van der Waals surface area (Å²) in [6.07, 6.45) is 3.66. The van der Waals surface area contributed by atoms with Gasteiger partial charge in [0.2, 0.25) is 5.91 Å². The largest absolute Gasteiger partial charge is 0.368 e. The summed E-state index contributed by atoms with van der Waals surface area (Å²) in [7, 11) is 0. The van der Waals surface area contributed by atoms with E-state index in [1.54, 1.807) is 17.7 Å². The molecule has 2 aromatic heterocycles. The number of anilines is 1. The highest BCUT2D eigenvalue weighted by atomic mass is 32.1. The maximum Gasteiger partial charge on any atom is 0.223 e. The minimum Gasteiger partial charge on any atom is -0.368 e. The Morgan fingerprint density at radius 3 is 3.05 bits per heavy atom. The second kappa shape index (κ2) is 5.13. The van der Waals surface area contributed by atoms with Crippen molar-refractivity contribution < 1.29 is 4.79 Å². The molecule has 6 heteroatoms. The third kappa shape index (κ3) is 2.84. The highest BCUT2D eigenvalue weighted by Gasteiger charge is 2.28. The zero-order chi connectivity index (χ0) is 13.2. The molecule has 19 heavy (non-hydrogen) atoms. The minimum atomic E-state index is 0.181. The van der Waals surface area contributed by atoms with Gasteiger partial charge in [-0.3, -0.25) is 4.79 Å². The van der Waals surface area contributed by atoms with Crippen LogP contribution < -0.4 is 10.6 Å². The van der Waals surface area contributed by atoms with Crippen LogP contribution in [-0.2, 0) is 4.79 Å². The van der Waals surface area contributed by atoms with Crippen molar-refractivity contribution in [3.8, 4) is 0 Å². The maximum absolute atomic E-state index is 11.5. The van der Waals surface area contributed by atoms with Crippen molar-refractivity contribution in [1.82, 2.24) is 15.3 Å². The fourth-order valence-corrected chi connectivity index (χ4v) is 2.82. The van der Waals surface area contributed by atoms with Crippen molar-refractivity contribution in [2.75, 3.05) is 18.4 Å². The van der Waals surface area contributed by atoms with Crippen molar-refractivity contribution in [2.24, 2.45) is 5.92 Å². The molecule has 0 aliphatic heterocycles. The number of hydrogen-bond acceptors (Lipinski definition) is 5. The molecule has 1 aliphatic rings. The van der Waals surface area contributed by atoms with Gasteiger partial charge in [0.15, 0.2) is 0 Å². The SMILES string of the molecule is Cc1cc2c(NCCNC(=O)C3CC3)ncnc2s1. The number of fused-ring (bicyclic) bond motifs is 1. The Labute approximate surface area is 115 Å². The summed E-state index contributed by atoms with van der Waals surface area (Å²) in [4.78, 5) is 22.2. The van der Waals surface area contributed by atoms with E-state index in [-0.39, 0.29) is 11.8 Å². The summed E-state index contributed by atoms with van der Waals surface area (Å²) in [6, 6.07) is 2.09. The highest BCUT2D eigenvalue weighted by molar-refractivity contribution is 7.18. The van der Waals surface area contributed by atoms with Crippen LogP contribution in [0.25, 0.3) is 10.2 Å². The average Bonchev–Trinajstić information content (AvgIpc) is 3.16. The first kappa shape index (κ1) is 12.3. The zero-order valence-electron chi connectivity index (χ0n) is 10.8. The Kier molecular flexibility index (Phi) is 3.33. The second-order valence-corrected chi connectivity index (χ2v) is 6.03. The van der Waals surface area contributed by atoms with Crippen molar-refractivity contribution >= 4 is 33.3 Å². The molecule has 100 valence electrons. The predicted octanol–water partition coefficient (Wildman–Crippen LogP) is 1.94. The van der Waals surface area contributed by atoms with Gasteiger partial charge in [-0.25, -0.2) is 9.97 Å². The van der Waals surface area contributed by atoms with Gasteiger partial charge in [-0.2, -0.15) is 0 Å². The molecule has 0 aromatic carbocycles. The van der Waals surface area contributed by atoms with Crippen LogP contribution in [0.5, 0.6) is 0 Å². The van der Waals surface area contributed by atoms with Crippen LogP contribution >= 0.6 is 11.3 Å². The normalized spacial score (nSPS) is 14.6. The summed E-state index contributed by atoms with van der Waals surface area (Å²) in [5.74, 6) is 1.29. The lowest BCUT2D eigenvalue weighted by molar-refractivity contribution is -0.122. The molecule has 0 atom stereocenters. The molecule has 2 aromatic rings. The molecule has 2 heterocycles. The van der Waals surface area contributed by atoms with Crippen molar-refractivity contribution in [2.45, 2.75) is 19.8 Å². The van der Waals surface area contributed by atoms with Gasteiger partial charge in [0.05, 0.1) is 5.39 Å². The topological polar surface area (TPSA) is 66.9 Å². The molecule has 0 radical (unpaired) electrons. The number of carbonyl (C=O) groups is 1. The van der Waals surface area contributed by atoms with Crippen molar-refractivity contribution in [1.29, 1.82) is 0 Å². The summed E-state index contributed by atoms with van der Waals surface area (Å²) >= 11 is 1.66. The number of aryl methyl sites for hydroxylation is 1. The molecule has 0 spiro atoms. The Morgan fingerprint density at radius 2 is 2.26 bits per heavy atom. The highest BCUT2D eigenvalue weighted by Crippen LogP contribution is 2.29. The van der Waals surface area contributed by atoms with Crippen LogP contribution in [0.1, 0.15) is 17.7 Å². The number of thiophene rings is 1. The third-order valence-electron chi connectivity index (χ3n) is 3.12. The first-order valence-corrected chi connectivity index (χ1v) is 7.28. The van der Waals surface area contributed by atoms with E-state index in [0.717, 1.165) is 28.9 Å². The first-order valence-electron chi connectivity index (χ1n) is 6.47. The molecule has 3 rings (SSSR count). The molecule has 1 aliphatic carbocycles. The standard InChI is InChI=1S/C13H16N4OS/c1-8-6-10-11(16-7-17-13(10)19-8)14-4-5-15-12(18)9-2-3-9/h6-7,9H,2-5H2,1H3,(H,15,18)(H,14,16,17). The zero-order valence-corrected chi connectivity index (χ0v) is 11.6. The Hall–Kier alpha value is -1.69. The van der Waals surface area contributed by atoms with Crippen LogP contribution in [0, 0.1) is 12.8 Å². The quantitative estimate of drug-likeness (QED) is 0.819. The third-order valence-corrected chi connectivity index (χ3v) is 4.08. The molecular formula is C13H16N4OS. The van der Waals surface area contributed by atoms with E-state index in [0.29, 0.717) is 13.1 Å². The molecule has 0 saturated heterocycles. The van der Waals surface area contributed by atoms with E-state index in [1.807, 2.05) is 0 Å². The summed E-state index contributed by atoms with van der Waals surface area (Å²) in [5, 5.41) is 7.24. The monoisotopic (exact) mass is 276 g/mol. The first-order chi connectivity index (χ1) is 9.24. The molecule has 0 unspecified atom stereocenters. The number of nitrogens with one attached hydrogen (secondary N) is 2. The van der Waals surface area contributed by atoms with Gasteiger partial charge in [0, 0.05) is 23.9 Å². The van der Waals surface area contributed by atoms with E-state index in [4.69, 9.17) is 0 Å². The lowest BCUT2D eigenvalue weighted by Crippen LogP contribution is -2.29. The number of rotatable bonds is 5. The molecule has 2 N–H and O–H groups in total. The van der Waals surface area contributed by atoms with Gasteiger partial charge >= 0.3 is 0 Å². The Balaban J connectivity index is 1.57. The number of amides is 1. The lowest BCUT2D eigenvalue weighted by Gasteiger charge is -2.07. The molecule has 1 amide bonds. The number of nitrogens with zero attached hydrogens (tertiary/aromatic N) is 2. The number of carbonyl (C=O) groups excluding carboxylic acids is 1. The summed E-state index contributed by atoms with van der Waals surface area (Å²) in [6.45, 7) is 3.37. The summed E-state index contributed by atoms with van der Waals surface area (Å²) in [5.41, 5.74) is 0. The van der Waals surface area contributed by atoms with E-state index >= 15 is 0 Å². The number of aromatic nitrogens is 2. The van der Waals surface area contributed by atoms with Gasteiger partial charge in [0.1, 0.15) is 17.0 Å². The van der Waals surface area contributed by atoms with E-state index in [2.05, 4.69) is 33.6 Å². The van der Waals surface area contributed by atoms with Gasteiger partial charge in [0.25, 0.3) is 0 Å². The van der Waals surface area contributed by atoms with E-state index in [1.165, 1.54) is 4.88 Å². The maximum atomic E-state index is 11.5. The van der Waals surface area contributed by atoms with Crippen molar-refractivity contribution in [3.63, 3.8) is 0 Å². The van der Waals surface area contributed by atoms with E-state index in [9.17, 15) is 4.79 Å². The lowest BCUT2D eigenvalue weighted by atomic mass is 10.3. The summed E-state index contributed by atoms with van der Waals surface area (Å²) < 4.78 is 0. The molecular weight excluding hydrogens is 260 g/mol. The Morgan fingerprint density at radius 1 is 1.42 bits per heavy atom. The van der Waals surface area contributed by atoms with Crippen molar-refractivity contribution in [3.05, 3.63) is 17.3 Å². The van der Waals surface area contributed by atoms with Crippen LogP contribution in [-0.4, -0.2) is 29.0 Å². The molecule has 5 nitrogen and oxygen atoms in total. The fraction of sp³-hybridized carbons (Fsp3) is 0.462. The second-order valence-electron chi connectivity index (χ2n) is 4.79. The predicted molar refractivity (Wildman–Crippen MR) is 76.4 cm³/mol. The molecule has 1 saturated carbocycles. The van der Waals surface area contributed by atoms with Crippen LogP contribution in [0.15, 0.2) is 12.4 Å². The molecule has 1 fully saturated rings. The van der Waals surface area contributed by atoms with Gasteiger partial charge < -0.3 is 10.6 Å². The van der Waals surface area contributed by atoms with Crippen LogP contribution in [0.2, 0.25) is 0 Å². The van der Waals surface area contributed by atoms with Gasteiger partial charge in [-0.15, -0.1) is 11.3 Å². The smallest absolute Gasteiger partial charge is 0.223 e. The Bertz CT molecular complexity index is 606. The van der Waals surface area contributed by atoms with E-state index < -0.39 is 0 Å². The number of hydrogen-bond donors (Lipinski definition) is 2. The minimum absolute atomic E-state index is 0.181. The van der Waals surface area contributed by atoms with Crippen LogP contribution in [0.4, 0.5) is 5.82 Å². The van der Waals surface area contributed by atoms with Crippen LogP contribution in [0.3, 0.4) is 0 Å². The fourth-order valence-electron chi connectivity index (χ4n) is 1.97. The average molecular weight is 276 g/mol. The van der Waals surface area contributed by atoms with Gasteiger partial charge in [-0.05, 0) is 25.8 Å². The van der Waals surface area contributed by atoms with Gasteiger partial charge in [-0.1, -0.05) is 0 Å². The molecule has 0 bridgehead atoms.